The molecule has 2 amide bonds. The largest absolute Gasteiger partial charge is 0.450 e. The van der Waals surface area contributed by atoms with Gasteiger partial charge in [0.15, 0.2) is 0 Å². The van der Waals surface area contributed by atoms with Crippen molar-refractivity contribution in [1.82, 2.24) is 10.2 Å². The summed E-state index contributed by atoms with van der Waals surface area (Å²) in [5, 5.41) is 5.81. The van der Waals surface area contributed by atoms with Crippen molar-refractivity contribution in [2.45, 2.75) is 46.1 Å². The molecule has 3 rings (SSSR count). The number of aryl methyl sites for hydroxylation is 1. The van der Waals surface area contributed by atoms with Crippen LogP contribution in [0.4, 0.5) is 10.5 Å². The van der Waals surface area contributed by atoms with Crippen molar-refractivity contribution >= 4 is 17.7 Å². The van der Waals surface area contributed by atoms with Crippen LogP contribution < -0.4 is 10.6 Å². The van der Waals surface area contributed by atoms with E-state index in [0.717, 1.165) is 51.0 Å². The van der Waals surface area contributed by atoms with Gasteiger partial charge in [-0.3, -0.25) is 9.69 Å². The molecule has 6 heteroatoms. The Labute approximate surface area is 191 Å². The quantitative estimate of drug-likeness (QED) is 0.601. The van der Waals surface area contributed by atoms with Crippen LogP contribution in [0.3, 0.4) is 0 Å². The highest BCUT2D eigenvalue weighted by molar-refractivity contribution is 5.88. The maximum atomic E-state index is 11.9. The van der Waals surface area contributed by atoms with Gasteiger partial charge in [-0.1, -0.05) is 42.5 Å². The molecule has 0 radical (unpaired) electrons. The molecule has 0 saturated carbocycles. The molecule has 1 fully saturated rings. The molecule has 0 atom stereocenters. The van der Waals surface area contributed by atoms with E-state index in [1.54, 1.807) is 0 Å². The summed E-state index contributed by atoms with van der Waals surface area (Å²) in [7, 11) is 0. The molecule has 0 aromatic heterocycles. The minimum absolute atomic E-state index is 0.0583. The number of rotatable bonds is 9. The number of carbonyl (C=O) groups is 2. The van der Waals surface area contributed by atoms with Crippen molar-refractivity contribution in [3.8, 4) is 0 Å². The van der Waals surface area contributed by atoms with Crippen molar-refractivity contribution in [3.05, 3.63) is 65.7 Å². The van der Waals surface area contributed by atoms with Gasteiger partial charge in [-0.2, -0.15) is 0 Å². The van der Waals surface area contributed by atoms with Crippen LogP contribution in [-0.2, 0) is 22.5 Å². The molecule has 0 aliphatic carbocycles. The maximum absolute atomic E-state index is 11.9. The third-order valence-corrected chi connectivity index (χ3v) is 6.27. The molecule has 32 heavy (non-hydrogen) atoms. The number of nitrogens with one attached hydrogen (secondary N) is 2. The van der Waals surface area contributed by atoms with Gasteiger partial charge < -0.3 is 15.4 Å². The highest BCUT2D eigenvalue weighted by atomic mass is 16.5. The second-order valence-electron chi connectivity index (χ2n) is 8.71. The molecule has 1 heterocycles. The third kappa shape index (κ3) is 7.38. The smallest absolute Gasteiger partial charge is 0.407 e. The highest BCUT2D eigenvalue weighted by Crippen LogP contribution is 2.36. The third-order valence-electron chi connectivity index (χ3n) is 6.27. The first-order valence-corrected chi connectivity index (χ1v) is 11.5. The number of ether oxygens (including phenoxy) is 1. The van der Waals surface area contributed by atoms with Gasteiger partial charge in [-0.05, 0) is 74.4 Å². The summed E-state index contributed by atoms with van der Waals surface area (Å²) in [4.78, 5) is 25.6. The molecule has 6 nitrogen and oxygen atoms in total. The Morgan fingerprint density at radius 2 is 1.69 bits per heavy atom. The van der Waals surface area contributed by atoms with Gasteiger partial charge in [-0.25, -0.2) is 4.79 Å². The molecular formula is C26H35N3O3. The predicted octanol–water partition coefficient (Wildman–Crippen LogP) is 4.61. The SMILES string of the molecule is CCOC(=O)NCC1(CCc2ccccc2)CCN(Cc2ccc(NC(C)=O)cc2)CC1. The summed E-state index contributed by atoms with van der Waals surface area (Å²) in [6.45, 7) is 7.25. The van der Waals surface area contributed by atoms with E-state index in [2.05, 4.69) is 51.9 Å². The van der Waals surface area contributed by atoms with Crippen LogP contribution >= 0.6 is 0 Å². The van der Waals surface area contributed by atoms with Gasteiger partial charge in [-0.15, -0.1) is 0 Å². The number of anilines is 1. The van der Waals surface area contributed by atoms with Crippen LogP contribution in [0.1, 0.15) is 44.2 Å². The van der Waals surface area contributed by atoms with Gasteiger partial charge in [0.2, 0.25) is 5.91 Å². The minimum Gasteiger partial charge on any atom is -0.450 e. The highest BCUT2D eigenvalue weighted by Gasteiger charge is 2.34. The molecule has 2 aromatic rings. The number of hydrogen-bond donors (Lipinski definition) is 2. The molecule has 0 bridgehead atoms. The van der Waals surface area contributed by atoms with Crippen molar-refractivity contribution < 1.29 is 14.3 Å². The first-order valence-electron chi connectivity index (χ1n) is 11.5. The van der Waals surface area contributed by atoms with Gasteiger partial charge in [0.25, 0.3) is 0 Å². The first kappa shape index (κ1) is 23.8. The number of benzene rings is 2. The predicted molar refractivity (Wildman–Crippen MR) is 127 cm³/mol. The summed E-state index contributed by atoms with van der Waals surface area (Å²) in [6.07, 6.45) is 3.80. The fraction of sp³-hybridized carbons (Fsp3) is 0.462. The molecule has 1 aliphatic rings. The molecule has 2 aromatic carbocycles. The van der Waals surface area contributed by atoms with E-state index >= 15 is 0 Å². The second kappa shape index (κ2) is 11.7. The number of amides is 2. The molecule has 1 aliphatic heterocycles. The Balaban J connectivity index is 1.57. The first-order chi connectivity index (χ1) is 15.5. The lowest BCUT2D eigenvalue weighted by Crippen LogP contribution is -2.46. The summed E-state index contributed by atoms with van der Waals surface area (Å²) >= 11 is 0. The zero-order valence-corrected chi connectivity index (χ0v) is 19.2. The van der Waals surface area contributed by atoms with E-state index in [9.17, 15) is 9.59 Å². The molecule has 2 N–H and O–H groups in total. The Hall–Kier alpha value is -2.86. The van der Waals surface area contributed by atoms with E-state index < -0.39 is 0 Å². The lowest BCUT2D eigenvalue weighted by atomic mass is 9.74. The van der Waals surface area contributed by atoms with E-state index in [4.69, 9.17) is 4.74 Å². The molecule has 172 valence electrons. The number of likely N-dealkylation sites (tertiary alicyclic amines) is 1. The average molecular weight is 438 g/mol. The standard InChI is InChI=1S/C26H35N3O3/c1-3-32-25(31)27-20-26(14-13-22-7-5-4-6-8-22)15-17-29(18-16-26)19-23-9-11-24(12-10-23)28-21(2)30/h4-12H,3,13-20H2,1-2H3,(H,27,31)(H,28,30). The topological polar surface area (TPSA) is 70.7 Å². The van der Waals surface area contributed by atoms with Crippen LogP contribution in [0, 0.1) is 5.41 Å². The Morgan fingerprint density at radius 3 is 2.31 bits per heavy atom. The number of alkyl carbamates (subject to hydrolysis) is 1. The summed E-state index contributed by atoms with van der Waals surface area (Å²) in [5.41, 5.74) is 3.48. The van der Waals surface area contributed by atoms with Crippen LogP contribution in [0.2, 0.25) is 0 Å². The van der Waals surface area contributed by atoms with Gasteiger partial charge in [0, 0.05) is 25.7 Å². The fourth-order valence-corrected chi connectivity index (χ4v) is 4.35. The lowest BCUT2D eigenvalue weighted by Gasteiger charge is -2.42. The summed E-state index contributed by atoms with van der Waals surface area (Å²) in [5.74, 6) is -0.0583. The molecule has 0 spiro atoms. The van der Waals surface area contributed by atoms with E-state index in [0.29, 0.717) is 13.2 Å². The summed E-state index contributed by atoms with van der Waals surface area (Å²) in [6, 6.07) is 18.6. The van der Waals surface area contributed by atoms with Crippen molar-refractivity contribution in [3.63, 3.8) is 0 Å². The normalized spacial score (nSPS) is 15.7. The lowest BCUT2D eigenvalue weighted by molar-refractivity contribution is -0.114. The Morgan fingerprint density at radius 1 is 1.00 bits per heavy atom. The number of nitrogens with zero attached hydrogens (tertiary/aromatic N) is 1. The molecule has 1 saturated heterocycles. The monoisotopic (exact) mass is 437 g/mol. The zero-order chi connectivity index (χ0) is 22.8. The van der Waals surface area contributed by atoms with Crippen molar-refractivity contribution in [2.24, 2.45) is 5.41 Å². The zero-order valence-electron chi connectivity index (χ0n) is 19.2. The number of piperidine rings is 1. The van der Waals surface area contributed by atoms with Crippen LogP contribution in [0.5, 0.6) is 0 Å². The van der Waals surface area contributed by atoms with Gasteiger partial charge >= 0.3 is 6.09 Å². The van der Waals surface area contributed by atoms with Gasteiger partial charge in [0.05, 0.1) is 6.61 Å². The molecular weight excluding hydrogens is 402 g/mol. The van der Waals surface area contributed by atoms with Crippen LogP contribution in [0.15, 0.2) is 54.6 Å². The average Bonchev–Trinajstić information content (AvgIpc) is 2.80. The second-order valence-corrected chi connectivity index (χ2v) is 8.71. The van der Waals surface area contributed by atoms with E-state index in [1.807, 2.05) is 25.1 Å². The van der Waals surface area contributed by atoms with E-state index in [-0.39, 0.29) is 17.4 Å². The fourth-order valence-electron chi connectivity index (χ4n) is 4.35. The number of hydrogen-bond acceptors (Lipinski definition) is 4. The van der Waals surface area contributed by atoms with Crippen LogP contribution in [0.25, 0.3) is 0 Å². The minimum atomic E-state index is -0.326. The Bertz CT molecular complexity index is 860. The summed E-state index contributed by atoms with van der Waals surface area (Å²) < 4.78 is 5.09. The van der Waals surface area contributed by atoms with Gasteiger partial charge in [0.1, 0.15) is 0 Å². The van der Waals surface area contributed by atoms with Crippen LogP contribution in [-0.4, -0.2) is 43.1 Å². The van der Waals surface area contributed by atoms with Crippen molar-refractivity contribution in [1.29, 1.82) is 0 Å². The number of carbonyl (C=O) groups excluding carboxylic acids is 2. The molecule has 0 unspecified atom stereocenters. The van der Waals surface area contributed by atoms with Crippen molar-refractivity contribution in [2.75, 3.05) is 31.6 Å². The Kier molecular flexibility index (Phi) is 8.68. The van der Waals surface area contributed by atoms with E-state index in [1.165, 1.54) is 18.1 Å². The maximum Gasteiger partial charge on any atom is 0.407 e.